The van der Waals surface area contributed by atoms with Gasteiger partial charge in [-0.15, -0.1) is 0 Å². The molecule has 7 nitrogen and oxygen atoms in total. The van der Waals surface area contributed by atoms with Crippen LogP contribution < -0.4 is 0 Å². The van der Waals surface area contributed by atoms with Crippen LogP contribution in [0.5, 0.6) is 0 Å². The van der Waals surface area contributed by atoms with Gasteiger partial charge in [-0.2, -0.15) is 0 Å². The molecule has 0 fully saturated rings. The Balaban J connectivity index is 2.73. The number of carboxylic acid groups (broad SMARTS) is 1. The molecule has 0 spiro atoms. The van der Waals surface area contributed by atoms with Crippen LogP contribution in [-0.4, -0.2) is 37.9 Å². The van der Waals surface area contributed by atoms with Gasteiger partial charge < -0.3 is 14.7 Å². The Bertz CT molecular complexity index is 712. The fourth-order valence-electron chi connectivity index (χ4n) is 1.66. The van der Waals surface area contributed by atoms with Gasteiger partial charge in [0.1, 0.15) is 0 Å². The van der Waals surface area contributed by atoms with Crippen molar-refractivity contribution in [2.45, 2.75) is 18.1 Å². The van der Waals surface area contributed by atoms with Crippen LogP contribution in [0.15, 0.2) is 22.2 Å². The zero-order valence-corrected chi connectivity index (χ0v) is 12.0. The Kier molecular flexibility index (Phi) is 3.61. The van der Waals surface area contributed by atoms with Gasteiger partial charge in [0.2, 0.25) is 0 Å². The second kappa shape index (κ2) is 4.95. The van der Waals surface area contributed by atoms with Crippen molar-refractivity contribution in [3.05, 3.63) is 28.3 Å². The van der Waals surface area contributed by atoms with Crippen LogP contribution in [0.4, 0.5) is 0 Å². The van der Waals surface area contributed by atoms with E-state index in [2.05, 4.69) is 5.16 Å². The van der Waals surface area contributed by atoms with E-state index in [0.29, 0.717) is 0 Å². The highest BCUT2D eigenvalue weighted by Crippen LogP contribution is 2.31. The molecule has 0 amide bonds. The van der Waals surface area contributed by atoms with Crippen molar-refractivity contribution in [3.8, 4) is 0 Å². The quantitative estimate of drug-likeness (QED) is 0.905. The summed E-state index contributed by atoms with van der Waals surface area (Å²) in [6.07, 6.45) is 0.268. The van der Waals surface area contributed by atoms with Gasteiger partial charge >= 0.3 is 5.97 Å². The number of nitrogens with zero attached hydrogens (tertiary/aromatic N) is 1. The maximum absolute atomic E-state index is 11.8. The van der Waals surface area contributed by atoms with Gasteiger partial charge in [0.15, 0.2) is 9.84 Å². The molecule has 20 heavy (non-hydrogen) atoms. The molecule has 1 aliphatic heterocycles. The van der Waals surface area contributed by atoms with Crippen LogP contribution in [0.25, 0.3) is 0 Å². The molecule has 2 rings (SSSR count). The van der Waals surface area contributed by atoms with Crippen molar-refractivity contribution in [1.82, 2.24) is 0 Å². The summed E-state index contributed by atoms with van der Waals surface area (Å²) in [5, 5.41) is 12.3. The lowest BCUT2D eigenvalue weighted by atomic mass is 10.1. The zero-order chi connectivity index (χ0) is 15.1. The van der Waals surface area contributed by atoms with Crippen molar-refractivity contribution >= 4 is 33.3 Å². The lowest BCUT2D eigenvalue weighted by Crippen LogP contribution is -2.15. The zero-order valence-electron chi connectivity index (χ0n) is 10.5. The molecule has 9 heteroatoms. The summed E-state index contributed by atoms with van der Waals surface area (Å²) in [6.45, 7) is 1.55. The van der Waals surface area contributed by atoms with Crippen LogP contribution in [-0.2, 0) is 19.4 Å². The second-order valence-electron chi connectivity index (χ2n) is 4.06. The minimum absolute atomic E-state index is 0.113. The van der Waals surface area contributed by atoms with Crippen molar-refractivity contribution in [2.24, 2.45) is 5.16 Å². The summed E-state index contributed by atoms with van der Waals surface area (Å²) >= 11 is 5.98. The standard InChI is InChI=1S/C11H10ClNO6S/c1-5-18-10(13-19-5)8-7(20(2,16)17)4-3-6(9(8)12)11(14)15/h3-5H,1-2H3,(H,14,15). The molecule has 108 valence electrons. The molecule has 0 aliphatic carbocycles. The van der Waals surface area contributed by atoms with E-state index in [9.17, 15) is 13.2 Å². The van der Waals surface area contributed by atoms with E-state index in [0.717, 1.165) is 18.4 Å². The lowest BCUT2D eigenvalue weighted by molar-refractivity contribution is -0.0318. The average molecular weight is 320 g/mol. The van der Waals surface area contributed by atoms with Gasteiger partial charge in [0.25, 0.3) is 12.2 Å². The molecule has 0 radical (unpaired) electrons. The summed E-state index contributed by atoms with van der Waals surface area (Å²) in [7, 11) is -3.65. The number of halogens is 1. The molecule has 1 aromatic rings. The van der Waals surface area contributed by atoms with Crippen molar-refractivity contribution < 1.29 is 27.9 Å². The number of ether oxygens (including phenoxy) is 1. The number of sulfone groups is 1. The maximum atomic E-state index is 11.8. The molecular formula is C11H10ClNO6S. The summed E-state index contributed by atoms with van der Waals surface area (Å²) < 4.78 is 28.7. The van der Waals surface area contributed by atoms with Crippen molar-refractivity contribution in [1.29, 1.82) is 0 Å². The predicted octanol–water partition coefficient (Wildman–Crippen LogP) is 1.50. The van der Waals surface area contributed by atoms with Gasteiger partial charge in [-0.3, -0.25) is 0 Å². The molecule has 0 saturated heterocycles. The van der Waals surface area contributed by atoms with Crippen molar-refractivity contribution in [3.63, 3.8) is 0 Å². The maximum Gasteiger partial charge on any atom is 0.337 e. The summed E-state index contributed by atoms with van der Waals surface area (Å²) in [5.41, 5.74) is -0.363. The van der Waals surface area contributed by atoms with E-state index in [-0.39, 0.29) is 26.9 Å². The van der Waals surface area contributed by atoms with Gasteiger partial charge in [-0.25, -0.2) is 13.2 Å². The second-order valence-corrected chi connectivity index (χ2v) is 6.43. The van der Waals surface area contributed by atoms with Gasteiger partial charge in [-0.1, -0.05) is 11.6 Å². The third-order valence-corrected chi connectivity index (χ3v) is 4.04. The first-order valence-corrected chi connectivity index (χ1v) is 7.65. The number of oxime groups is 1. The fraction of sp³-hybridized carbons (Fsp3) is 0.273. The number of rotatable bonds is 3. The minimum atomic E-state index is -3.65. The first kappa shape index (κ1) is 14.6. The van der Waals surface area contributed by atoms with Crippen LogP contribution in [0.3, 0.4) is 0 Å². The Morgan fingerprint density at radius 3 is 2.55 bits per heavy atom. The van der Waals surface area contributed by atoms with Gasteiger partial charge in [0.05, 0.1) is 21.0 Å². The Morgan fingerprint density at radius 2 is 2.10 bits per heavy atom. The third-order valence-electron chi connectivity index (χ3n) is 2.51. The molecule has 0 bridgehead atoms. The topological polar surface area (TPSA) is 102 Å². The van der Waals surface area contributed by atoms with Crippen LogP contribution >= 0.6 is 11.6 Å². The smallest absolute Gasteiger partial charge is 0.337 e. The number of hydrogen-bond acceptors (Lipinski definition) is 6. The summed E-state index contributed by atoms with van der Waals surface area (Å²) in [6, 6.07) is 2.26. The number of hydrogen-bond donors (Lipinski definition) is 1. The molecule has 1 N–H and O–H groups in total. The SMILES string of the molecule is CC1ON=C(c2c(S(C)(=O)=O)ccc(C(=O)O)c2Cl)O1. The number of carboxylic acids is 1. The first-order chi connectivity index (χ1) is 9.21. The van der Waals surface area contributed by atoms with E-state index in [1.165, 1.54) is 0 Å². The lowest BCUT2D eigenvalue weighted by Gasteiger charge is -2.11. The van der Waals surface area contributed by atoms with Gasteiger partial charge in [0, 0.05) is 13.2 Å². The average Bonchev–Trinajstić information content (AvgIpc) is 2.73. The van der Waals surface area contributed by atoms with Crippen LogP contribution in [0, 0.1) is 0 Å². The van der Waals surface area contributed by atoms with Crippen LogP contribution in [0.2, 0.25) is 5.02 Å². The molecular weight excluding hydrogens is 310 g/mol. The predicted molar refractivity (Wildman–Crippen MR) is 69.7 cm³/mol. The normalized spacial score (nSPS) is 18.1. The Labute approximate surface area is 119 Å². The molecule has 1 heterocycles. The van der Waals surface area contributed by atoms with E-state index >= 15 is 0 Å². The number of aromatic carboxylic acids is 1. The minimum Gasteiger partial charge on any atom is -0.478 e. The number of carbonyl (C=O) groups is 1. The molecule has 1 aliphatic rings. The molecule has 0 aromatic heterocycles. The highest BCUT2D eigenvalue weighted by atomic mass is 35.5. The Morgan fingerprint density at radius 1 is 1.45 bits per heavy atom. The summed E-state index contributed by atoms with van der Waals surface area (Å²) in [4.78, 5) is 15.7. The van der Waals surface area contributed by atoms with Crippen LogP contribution in [0.1, 0.15) is 22.8 Å². The van der Waals surface area contributed by atoms with E-state index < -0.39 is 22.1 Å². The van der Waals surface area contributed by atoms with E-state index in [1.54, 1.807) is 6.92 Å². The molecule has 1 atom stereocenters. The molecule has 1 unspecified atom stereocenters. The monoisotopic (exact) mass is 319 g/mol. The highest BCUT2D eigenvalue weighted by Gasteiger charge is 2.30. The first-order valence-electron chi connectivity index (χ1n) is 5.38. The Hall–Kier alpha value is -1.80. The fourth-order valence-corrected chi connectivity index (χ4v) is 2.92. The van der Waals surface area contributed by atoms with Crippen molar-refractivity contribution in [2.75, 3.05) is 6.26 Å². The largest absolute Gasteiger partial charge is 0.478 e. The molecule has 1 aromatic carbocycles. The summed E-state index contributed by atoms with van der Waals surface area (Å²) in [5.74, 6) is -1.45. The molecule has 0 saturated carbocycles. The van der Waals surface area contributed by atoms with E-state index in [1.807, 2.05) is 0 Å². The highest BCUT2D eigenvalue weighted by molar-refractivity contribution is 7.90. The van der Waals surface area contributed by atoms with E-state index in [4.69, 9.17) is 26.3 Å². The van der Waals surface area contributed by atoms with Gasteiger partial charge in [-0.05, 0) is 17.3 Å². The third kappa shape index (κ3) is 2.56. The number of benzene rings is 1.